The number of hydroxylamine groups is 2. The van der Waals surface area contributed by atoms with E-state index in [0.29, 0.717) is 29.7 Å². The van der Waals surface area contributed by atoms with Gasteiger partial charge in [0.1, 0.15) is 17.5 Å². The Hall–Kier alpha value is -4.67. The van der Waals surface area contributed by atoms with Crippen LogP contribution in [0.5, 0.6) is 5.75 Å². The second-order valence-electron chi connectivity index (χ2n) is 13.8. The average Bonchev–Trinajstić information content (AvgIpc) is 3.71. The van der Waals surface area contributed by atoms with E-state index in [0.717, 1.165) is 60.6 Å². The van der Waals surface area contributed by atoms with Crippen LogP contribution in [0.2, 0.25) is 0 Å². The number of carbonyl (C=O) groups is 3. The van der Waals surface area contributed by atoms with Crippen LogP contribution in [0.3, 0.4) is 0 Å². The third kappa shape index (κ3) is 7.85. The number of benzene rings is 1. The molecule has 53 heavy (non-hydrogen) atoms. The summed E-state index contributed by atoms with van der Waals surface area (Å²) in [6.07, 6.45) is 4.74. The lowest BCUT2D eigenvalue weighted by Gasteiger charge is -2.50. The first-order chi connectivity index (χ1) is 25.0. The normalized spacial score (nSPS) is 21.1. The number of anilines is 1. The number of nitrogens with two attached hydrogens (primary N) is 2. The number of hydrogen-bond donors (Lipinski definition) is 6. The Morgan fingerprint density at radius 2 is 2.06 bits per heavy atom. The number of oxime groups is 1. The summed E-state index contributed by atoms with van der Waals surface area (Å²) in [5, 5.41) is 21.9. The molecule has 6 rings (SSSR count). The number of aryl methyl sites for hydroxylation is 2. The number of nitrogens with one attached hydrogen (secondary N) is 2. The summed E-state index contributed by atoms with van der Waals surface area (Å²) in [7, 11) is -5.03. The Kier molecular flexibility index (Phi) is 10.5. The van der Waals surface area contributed by atoms with Crippen molar-refractivity contribution >= 4 is 50.4 Å². The summed E-state index contributed by atoms with van der Waals surface area (Å²) < 4.78 is 46.4. The van der Waals surface area contributed by atoms with Gasteiger partial charge in [-0.3, -0.25) is 14.1 Å². The molecule has 21 heteroatoms. The maximum Gasteiger partial charge on any atom is 0.418 e. The number of nitrogen functional groups attached to an aromatic ring is 1. The summed E-state index contributed by atoms with van der Waals surface area (Å²) in [5.74, 6) is -2.36. The molecule has 2 fully saturated rings. The molecule has 0 spiro atoms. The Balaban J connectivity index is 1.20. The van der Waals surface area contributed by atoms with Crippen molar-refractivity contribution in [2.75, 3.05) is 25.4 Å². The molecule has 3 aromatic rings. The molecule has 0 bridgehead atoms. The van der Waals surface area contributed by atoms with Gasteiger partial charge < -0.3 is 36.8 Å². The van der Waals surface area contributed by atoms with Crippen molar-refractivity contribution in [1.29, 1.82) is 0 Å². The number of rotatable bonds is 15. The van der Waals surface area contributed by atoms with Crippen LogP contribution in [0.4, 0.5) is 5.13 Å². The standard InChI is InChI=1S/C32H41N9O10S2/c1-31(2)26(28(43)41(31)51-53(46,47)48)37-27(42)25(22-17-52-30(34)36-22)38-50-32(3,29(44)45)24-8-6-20-11-19(5-7-23(20)49-24)21-15-39(10-4-9-33)40(16-21)14-18-12-35-13-18/h5,7,11,15-18,24,26,35H,4,6,8-10,12-14,33H2,1-3H3,(H4-,34,36,37,42,44,45,46,47,48)/p+1/b38-25-/t24-,26-,32+/m1/s1. The van der Waals surface area contributed by atoms with Crippen molar-refractivity contribution in [3.05, 3.63) is 47.2 Å². The molecule has 0 unspecified atom stereocenters. The summed E-state index contributed by atoms with van der Waals surface area (Å²) in [4.78, 5) is 48.7. The molecule has 3 atom stereocenters. The number of thiazole rings is 1. The predicted octanol–water partition coefficient (Wildman–Crippen LogP) is -0.153. The van der Waals surface area contributed by atoms with Crippen LogP contribution in [0, 0.1) is 5.92 Å². The first kappa shape index (κ1) is 38.1. The van der Waals surface area contributed by atoms with E-state index in [1.165, 1.54) is 26.2 Å². The van der Waals surface area contributed by atoms with Crippen molar-refractivity contribution < 1.29 is 51.0 Å². The van der Waals surface area contributed by atoms with Crippen molar-refractivity contribution in [2.45, 2.75) is 76.4 Å². The van der Waals surface area contributed by atoms with Gasteiger partial charge >= 0.3 is 16.4 Å². The number of carbonyl (C=O) groups excluding carboxylic acids is 2. The second kappa shape index (κ2) is 14.6. The van der Waals surface area contributed by atoms with Gasteiger partial charge in [0.2, 0.25) is 6.20 Å². The molecular weight excluding hydrogens is 735 g/mol. The van der Waals surface area contributed by atoms with Gasteiger partial charge in [-0.25, -0.2) is 9.78 Å². The second-order valence-corrected chi connectivity index (χ2v) is 15.7. The minimum Gasteiger partial charge on any atom is -0.485 e. The number of amides is 2. The zero-order valence-electron chi connectivity index (χ0n) is 29.2. The number of aromatic nitrogens is 3. The molecule has 1 aromatic carbocycles. The lowest BCUT2D eigenvalue weighted by Crippen LogP contribution is -2.76. The summed E-state index contributed by atoms with van der Waals surface area (Å²) in [6, 6.07) is 4.40. The molecule has 8 N–H and O–H groups in total. The summed E-state index contributed by atoms with van der Waals surface area (Å²) in [5.41, 5.74) is 10.4. The van der Waals surface area contributed by atoms with E-state index in [-0.39, 0.29) is 17.2 Å². The van der Waals surface area contributed by atoms with Gasteiger partial charge in [-0.2, -0.15) is 18.2 Å². The van der Waals surface area contributed by atoms with Crippen molar-refractivity contribution in [3.8, 4) is 16.9 Å². The van der Waals surface area contributed by atoms with E-state index in [4.69, 9.17) is 25.6 Å². The first-order valence-corrected chi connectivity index (χ1v) is 19.1. The van der Waals surface area contributed by atoms with Crippen LogP contribution in [0.1, 0.15) is 44.9 Å². The van der Waals surface area contributed by atoms with Crippen LogP contribution in [-0.2, 0) is 53.4 Å². The lowest BCUT2D eigenvalue weighted by atomic mass is 9.84. The monoisotopic (exact) mass is 776 g/mol. The van der Waals surface area contributed by atoms with Crippen molar-refractivity contribution in [1.82, 2.24) is 25.4 Å². The highest BCUT2D eigenvalue weighted by Crippen LogP contribution is 2.37. The topological polar surface area (TPSA) is 267 Å². The van der Waals surface area contributed by atoms with Gasteiger partial charge in [-0.05, 0) is 69.8 Å². The Morgan fingerprint density at radius 3 is 2.66 bits per heavy atom. The van der Waals surface area contributed by atoms with Gasteiger partial charge in [0.05, 0.1) is 23.8 Å². The first-order valence-electron chi connectivity index (χ1n) is 16.8. The smallest absolute Gasteiger partial charge is 0.418 e. The average molecular weight is 777 g/mol. The molecule has 0 radical (unpaired) electrons. The molecule has 3 aliphatic rings. The van der Waals surface area contributed by atoms with Gasteiger partial charge in [-0.1, -0.05) is 11.2 Å². The maximum absolute atomic E-state index is 13.5. The van der Waals surface area contributed by atoms with Crippen LogP contribution < -0.4 is 31.5 Å². The molecule has 2 saturated heterocycles. The fraction of sp³-hybridized carbons (Fsp3) is 0.500. The number of β-lactam (4-membered cyclic amide) rings is 1. The minimum atomic E-state index is -5.03. The predicted molar refractivity (Wildman–Crippen MR) is 189 cm³/mol. The highest BCUT2D eigenvalue weighted by atomic mass is 32.3. The van der Waals surface area contributed by atoms with E-state index in [2.05, 4.69) is 46.8 Å². The molecule has 3 aliphatic heterocycles. The number of carboxylic acids is 1. The summed E-state index contributed by atoms with van der Waals surface area (Å²) in [6.45, 7) is 8.28. The number of carboxylic acid groups (broad SMARTS) is 1. The van der Waals surface area contributed by atoms with Crippen LogP contribution in [0.25, 0.3) is 11.1 Å². The molecule has 0 saturated carbocycles. The zero-order chi connectivity index (χ0) is 38.3. The molecule has 19 nitrogen and oxygen atoms in total. The molecule has 0 aliphatic carbocycles. The molecule has 2 aromatic heterocycles. The van der Waals surface area contributed by atoms with Crippen LogP contribution in [-0.4, -0.2) is 99.2 Å². The van der Waals surface area contributed by atoms with Crippen molar-refractivity contribution in [2.24, 2.45) is 16.8 Å². The zero-order valence-corrected chi connectivity index (χ0v) is 30.9. The SMILES string of the molecule is CC1(C)[C@H](NC(=O)/C(=N\O[C@](C)(C(=O)O)[C@H]2CCc3cc(-c4cn(CCCN)[n+](CC5CNC5)c4)ccc3O2)c2csc(N)n2)C(=O)N1OS(=O)(=O)O. The van der Waals surface area contributed by atoms with E-state index in [1.54, 1.807) is 6.07 Å². The van der Waals surface area contributed by atoms with Crippen LogP contribution >= 0.6 is 11.3 Å². The highest BCUT2D eigenvalue weighted by molar-refractivity contribution is 7.80. The third-order valence-electron chi connectivity index (χ3n) is 9.61. The van der Waals surface area contributed by atoms with Gasteiger partial charge in [-0.15, -0.1) is 20.3 Å². The number of ether oxygens (including phenoxy) is 1. The minimum absolute atomic E-state index is 0.0680. The van der Waals surface area contributed by atoms with Gasteiger partial charge in [0.25, 0.3) is 17.4 Å². The Morgan fingerprint density at radius 1 is 1.30 bits per heavy atom. The Labute approximate surface area is 308 Å². The highest BCUT2D eigenvalue weighted by Gasteiger charge is 2.58. The summed E-state index contributed by atoms with van der Waals surface area (Å²) >= 11 is 0.976. The van der Waals surface area contributed by atoms with Gasteiger partial charge in [0.15, 0.2) is 23.5 Å². The number of aliphatic carboxylic acids is 1. The number of hydrogen-bond acceptors (Lipinski definition) is 14. The number of fused-ring (bicyclic) bond motifs is 1. The van der Waals surface area contributed by atoms with E-state index in [9.17, 15) is 27.9 Å². The fourth-order valence-corrected chi connectivity index (χ4v) is 7.35. The largest absolute Gasteiger partial charge is 0.485 e. The van der Waals surface area contributed by atoms with Crippen molar-refractivity contribution in [3.63, 3.8) is 0 Å². The molecule has 286 valence electrons. The maximum atomic E-state index is 13.5. The quantitative estimate of drug-likeness (QED) is 0.0386. The van der Waals surface area contributed by atoms with Crippen LogP contribution in [0.15, 0.2) is 41.1 Å². The molecule has 5 heterocycles. The fourth-order valence-electron chi connectivity index (χ4n) is 6.35. The van der Waals surface area contributed by atoms with E-state index >= 15 is 0 Å². The van der Waals surface area contributed by atoms with E-state index in [1.807, 2.05) is 12.1 Å². The molecule has 2 amide bonds. The van der Waals surface area contributed by atoms with Gasteiger partial charge in [0, 0.05) is 24.4 Å². The number of nitrogens with zero attached hydrogens (tertiary/aromatic N) is 5. The molecular formula is C32H42N9O10S2+. The van der Waals surface area contributed by atoms with E-state index < -0.39 is 57.2 Å². The lowest BCUT2D eigenvalue weighted by molar-refractivity contribution is -0.781. The third-order valence-corrected chi connectivity index (χ3v) is 10.6. The Bertz CT molecular complexity index is 2050.